The van der Waals surface area contributed by atoms with E-state index < -0.39 is 5.97 Å². The van der Waals surface area contributed by atoms with Gasteiger partial charge in [0, 0.05) is 42.2 Å². The molecule has 0 aliphatic rings. The quantitative estimate of drug-likeness (QED) is 0.216. The van der Waals surface area contributed by atoms with Gasteiger partial charge in [0.15, 0.2) is 11.5 Å². The summed E-state index contributed by atoms with van der Waals surface area (Å²) in [6.45, 7) is 2.60. The number of halogens is 1. The molecule has 0 spiro atoms. The summed E-state index contributed by atoms with van der Waals surface area (Å²) < 4.78 is 16.0. The molecule has 2 aromatic rings. The third kappa shape index (κ3) is 8.61. The van der Waals surface area contributed by atoms with Crippen LogP contribution >= 0.6 is 11.6 Å². The Bertz CT molecular complexity index is 1130. The van der Waals surface area contributed by atoms with Crippen molar-refractivity contribution in [1.82, 2.24) is 5.32 Å². The van der Waals surface area contributed by atoms with E-state index in [1.165, 1.54) is 14.2 Å². The Kier molecular flexibility index (Phi) is 11.2. The maximum absolute atomic E-state index is 12.1. The number of ketones is 1. The standard InChI is InChI=1S/C26H27ClN2O5/c1-4-11-29-23-18-24(32-2)25(17-22(23)26(31)33-3)34-14-7-13-28-12-6-10-21(30)16-19-8-5-9-20(27)15-19/h5,8-9,15,17-18,28-29H,7,10,13-14,16H2,1-3H3. The van der Waals surface area contributed by atoms with E-state index in [1.807, 2.05) is 12.1 Å². The van der Waals surface area contributed by atoms with Gasteiger partial charge in [-0.25, -0.2) is 4.79 Å². The molecule has 2 aromatic carbocycles. The molecule has 0 saturated heterocycles. The number of ether oxygens (including phenoxy) is 3. The maximum atomic E-state index is 12.1. The molecule has 0 aliphatic carbocycles. The van der Waals surface area contributed by atoms with Crippen molar-refractivity contribution in [3.05, 3.63) is 52.5 Å². The first kappa shape index (κ1) is 26.4. The Balaban J connectivity index is 1.81. The minimum absolute atomic E-state index is 0.0243. The Labute approximate surface area is 205 Å². The molecule has 0 unspecified atom stereocenters. The average Bonchev–Trinajstić information content (AvgIpc) is 2.83. The van der Waals surface area contributed by atoms with Crippen LogP contribution in [0.25, 0.3) is 0 Å². The molecule has 178 valence electrons. The van der Waals surface area contributed by atoms with Gasteiger partial charge in [0.25, 0.3) is 0 Å². The van der Waals surface area contributed by atoms with Gasteiger partial charge in [0.2, 0.25) is 0 Å². The summed E-state index contributed by atoms with van der Waals surface area (Å²) in [5, 5.41) is 6.41. The van der Waals surface area contributed by atoms with Crippen LogP contribution in [-0.2, 0) is 16.0 Å². The Morgan fingerprint density at radius 2 is 1.91 bits per heavy atom. The van der Waals surface area contributed by atoms with Crippen LogP contribution in [-0.4, -0.2) is 39.1 Å². The molecule has 0 aliphatic heterocycles. The molecule has 34 heavy (non-hydrogen) atoms. The number of Topliss-reactive ketones (excluding diaryl/α,β-unsaturated/α-hetero) is 1. The van der Waals surface area contributed by atoms with Crippen LogP contribution in [0.1, 0.15) is 35.7 Å². The maximum Gasteiger partial charge on any atom is 0.340 e. The van der Waals surface area contributed by atoms with Gasteiger partial charge < -0.3 is 24.8 Å². The number of methoxy groups -OCH3 is 2. The third-order valence-electron chi connectivity index (χ3n) is 4.49. The number of carbonyl (C=O) groups excluding carboxylic acids is 2. The zero-order valence-corrected chi connectivity index (χ0v) is 20.2. The summed E-state index contributed by atoms with van der Waals surface area (Å²) in [4.78, 5) is 24.1. The van der Waals surface area contributed by atoms with Gasteiger partial charge in [-0.3, -0.25) is 4.79 Å². The molecule has 7 nitrogen and oxygen atoms in total. The van der Waals surface area contributed by atoms with Crippen LogP contribution in [0, 0.1) is 23.9 Å². The van der Waals surface area contributed by atoms with E-state index in [4.69, 9.17) is 25.8 Å². The summed E-state index contributed by atoms with van der Waals surface area (Å²) in [5.41, 5.74) is 1.62. The highest BCUT2D eigenvalue weighted by atomic mass is 35.5. The van der Waals surface area contributed by atoms with Crippen molar-refractivity contribution in [3.63, 3.8) is 0 Å². The molecule has 0 atom stereocenters. The van der Waals surface area contributed by atoms with Gasteiger partial charge in [-0.05, 0) is 31.0 Å². The van der Waals surface area contributed by atoms with E-state index in [-0.39, 0.29) is 17.8 Å². The van der Waals surface area contributed by atoms with Gasteiger partial charge in [-0.2, -0.15) is 0 Å². The Hall–Kier alpha value is -3.81. The van der Waals surface area contributed by atoms with Crippen molar-refractivity contribution in [2.24, 2.45) is 0 Å². The van der Waals surface area contributed by atoms with Crippen molar-refractivity contribution < 1.29 is 23.8 Å². The summed E-state index contributed by atoms with van der Waals surface area (Å²) in [6, 6.07) is 15.9. The Morgan fingerprint density at radius 1 is 1.09 bits per heavy atom. The highest BCUT2D eigenvalue weighted by molar-refractivity contribution is 6.30. The first-order chi connectivity index (χ1) is 16.5. The normalized spacial score (nSPS) is 9.53. The van der Waals surface area contributed by atoms with Crippen LogP contribution < -0.4 is 20.1 Å². The molecule has 0 aromatic heterocycles. The predicted molar refractivity (Wildman–Crippen MR) is 132 cm³/mol. The number of hydrogen-bond acceptors (Lipinski definition) is 7. The number of nitrogens with one attached hydrogen (secondary N) is 2. The summed E-state index contributed by atoms with van der Waals surface area (Å²) in [5.74, 6) is 5.91. The van der Waals surface area contributed by atoms with Gasteiger partial charge >= 0.3 is 5.97 Å². The lowest BCUT2D eigenvalue weighted by molar-refractivity contribution is -0.117. The van der Waals surface area contributed by atoms with E-state index in [9.17, 15) is 9.59 Å². The number of benzene rings is 2. The second kappa shape index (κ2) is 14.4. The smallest absolute Gasteiger partial charge is 0.340 e. The topological polar surface area (TPSA) is 85.9 Å². The van der Waals surface area contributed by atoms with Crippen LogP contribution in [0.3, 0.4) is 0 Å². The average molecular weight is 483 g/mol. The highest BCUT2D eigenvalue weighted by Crippen LogP contribution is 2.34. The minimum atomic E-state index is -0.519. The number of carbonyl (C=O) groups is 2. The third-order valence-corrected chi connectivity index (χ3v) is 4.72. The van der Waals surface area contributed by atoms with Crippen LogP contribution in [0.2, 0.25) is 5.02 Å². The van der Waals surface area contributed by atoms with Gasteiger partial charge in [0.1, 0.15) is 5.78 Å². The van der Waals surface area contributed by atoms with Crippen LogP contribution in [0.5, 0.6) is 11.5 Å². The molecule has 0 radical (unpaired) electrons. The van der Waals surface area contributed by atoms with Crippen molar-refractivity contribution in [2.45, 2.75) is 26.2 Å². The molecule has 0 amide bonds. The molecular weight excluding hydrogens is 456 g/mol. The summed E-state index contributed by atoms with van der Waals surface area (Å²) >= 11 is 5.93. The van der Waals surface area contributed by atoms with Crippen LogP contribution in [0.4, 0.5) is 5.69 Å². The Morgan fingerprint density at radius 3 is 2.62 bits per heavy atom. The van der Waals surface area contributed by atoms with Crippen molar-refractivity contribution in [2.75, 3.05) is 32.7 Å². The lowest BCUT2D eigenvalue weighted by Crippen LogP contribution is -2.13. The zero-order valence-electron chi connectivity index (χ0n) is 19.4. The fourth-order valence-corrected chi connectivity index (χ4v) is 3.10. The second-order valence-electron chi connectivity index (χ2n) is 6.99. The largest absolute Gasteiger partial charge is 0.493 e. The molecule has 0 heterocycles. The molecular formula is C26H27ClN2O5. The van der Waals surface area contributed by atoms with Gasteiger partial charge in [-0.15, -0.1) is 0 Å². The minimum Gasteiger partial charge on any atom is -0.493 e. The summed E-state index contributed by atoms with van der Waals surface area (Å²) in [7, 11) is 2.82. The van der Waals surface area contributed by atoms with E-state index in [1.54, 1.807) is 31.2 Å². The molecule has 2 rings (SSSR count). The first-order valence-electron chi connectivity index (χ1n) is 10.6. The first-order valence-corrected chi connectivity index (χ1v) is 10.9. The predicted octanol–water partition coefficient (Wildman–Crippen LogP) is 4.05. The van der Waals surface area contributed by atoms with E-state index in [0.29, 0.717) is 48.2 Å². The SMILES string of the molecule is CC#CNc1cc(OC)c(OCCCNC#CCC(=O)Cc2cccc(Cl)c2)cc1C(=O)OC. The van der Waals surface area contributed by atoms with Gasteiger partial charge in [-0.1, -0.05) is 35.6 Å². The molecule has 0 saturated carbocycles. The van der Waals surface area contributed by atoms with E-state index in [2.05, 4.69) is 34.6 Å². The molecule has 0 fully saturated rings. The number of rotatable bonds is 11. The van der Waals surface area contributed by atoms with Crippen molar-refractivity contribution in [3.8, 4) is 35.4 Å². The zero-order chi connectivity index (χ0) is 24.8. The highest BCUT2D eigenvalue weighted by Gasteiger charge is 2.17. The fourth-order valence-electron chi connectivity index (χ4n) is 2.89. The number of esters is 1. The number of anilines is 1. The molecule has 0 bridgehead atoms. The lowest BCUT2D eigenvalue weighted by atomic mass is 10.1. The monoisotopic (exact) mass is 482 g/mol. The van der Waals surface area contributed by atoms with Crippen molar-refractivity contribution in [1.29, 1.82) is 0 Å². The summed E-state index contributed by atoms with van der Waals surface area (Å²) in [6.07, 6.45) is 1.10. The van der Waals surface area contributed by atoms with E-state index >= 15 is 0 Å². The van der Waals surface area contributed by atoms with E-state index in [0.717, 1.165) is 5.56 Å². The number of hydrogen-bond donors (Lipinski definition) is 2. The lowest BCUT2D eigenvalue weighted by Gasteiger charge is -2.14. The molecule has 8 heteroatoms. The van der Waals surface area contributed by atoms with Gasteiger partial charge in [0.05, 0.1) is 38.5 Å². The fraction of sp³-hybridized carbons (Fsp3) is 0.308. The molecule has 2 N–H and O–H groups in total. The second-order valence-corrected chi connectivity index (χ2v) is 7.43. The van der Waals surface area contributed by atoms with Crippen LogP contribution in [0.15, 0.2) is 36.4 Å². The van der Waals surface area contributed by atoms with Crippen molar-refractivity contribution >= 4 is 29.0 Å².